The molecule has 0 saturated heterocycles. The first-order valence-electron chi connectivity index (χ1n) is 11.2. The second-order valence-corrected chi connectivity index (χ2v) is 8.41. The summed E-state index contributed by atoms with van der Waals surface area (Å²) in [6, 6.07) is 13.9. The van der Waals surface area contributed by atoms with Crippen LogP contribution in [-0.4, -0.2) is 25.5 Å². The largest absolute Gasteiger partial charge is 0.454 e. The Morgan fingerprint density at radius 1 is 0.865 bits per heavy atom. The summed E-state index contributed by atoms with van der Waals surface area (Å²) in [4.78, 5) is 11.7. The Bertz CT molecular complexity index is 1700. The quantitative estimate of drug-likeness (QED) is 0.192. The van der Waals surface area contributed by atoms with E-state index in [1.165, 1.54) is 41.5 Å². The average molecular weight is 498 g/mol. The highest BCUT2D eigenvalue weighted by Gasteiger charge is 2.35. The van der Waals surface area contributed by atoms with E-state index in [2.05, 4.69) is 15.0 Å². The highest BCUT2D eigenvalue weighted by atomic mass is 19.1. The first kappa shape index (κ1) is 22.5. The minimum Gasteiger partial charge on any atom is -0.454 e. The zero-order valence-corrected chi connectivity index (χ0v) is 19.0. The second kappa shape index (κ2) is 8.59. The van der Waals surface area contributed by atoms with Crippen LogP contribution in [0.5, 0.6) is 11.5 Å². The van der Waals surface area contributed by atoms with Gasteiger partial charge in [0, 0.05) is 47.5 Å². The number of halogens is 3. The van der Waals surface area contributed by atoms with Gasteiger partial charge < -0.3 is 10.5 Å². The van der Waals surface area contributed by atoms with Crippen LogP contribution in [0.15, 0.2) is 79.4 Å². The van der Waals surface area contributed by atoms with E-state index in [4.69, 9.17) is 15.9 Å². The molecule has 1 unspecified atom stereocenters. The topological polar surface area (TPSA) is 103 Å². The Hall–Kier alpha value is -4.99. The second-order valence-electron chi connectivity index (χ2n) is 8.41. The van der Waals surface area contributed by atoms with Crippen molar-refractivity contribution in [1.29, 1.82) is 5.41 Å². The monoisotopic (exact) mass is 498 g/mol. The molecule has 1 atom stereocenters. The van der Waals surface area contributed by atoms with E-state index in [0.717, 1.165) is 0 Å². The molecule has 3 N–H and O–H groups in total. The van der Waals surface area contributed by atoms with Gasteiger partial charge in [-0.2, -0.15) is 8.78 Å². The zero-order valence-electron chi connectivity index (χ0n) is 19.0. The number of nitrogens with zero attached hydrogens (tertiary/aromatic N) is 4. The zero-order chi connectivity index (χ0) is 25.7. The fourth-order valence-electron chi connectivity index (χ4n) is 4.61. The smallest absolute Gasteiger partial charge is 0.220 e. The van der Waals surface area contributed by atoms with Gasteiger partial charge in [-0.15, -0.1) is 0 Å². The summed E-state index contributed by atoms with van der Waals surface area (Å²) in [5, 5.41) is 8.02. The molecule has 2 aromatic carbocycles. The number of fused-ring (bicyclic) bond motifs is 2. The molecule has 10 heteroatoms. The number of aromatic nitrogens is 4. The first-order valence-corrected chi connectivity index (χ1v) is 11.2. The number of rotatable bonds is 3. The van der Waals surface area contributed by atoms with Gasteiger partial charge in [0.2, 0.25) is 11.9 Å². The van der Waals surface area contributed by atoms with Crippen LogP contribution in [0.1, 0.15) is 22.9 Å². The van der Waals surface area contributed by atoms with Crippen molar-refractivity contribution < 1.29 is 17.9 Å². The highest BCUT2D eigenvalue weighted by Crippen LogP contribution is 2.50. The van der Waals surface area contributed by atoms with Crippen LogP contribution >= 0.6 is 0 Å². The molecule has 0 fully saturated rings. The van der Waals surface area contributed by atoms with Crippen molar-refractivity contribution in [2.45, 2.75) is 5.92 Å². The van der Waals surface area contributed by atoms with Crippen LogP contribution in [0.3, 0.4) is 0 Å². The number of nitrogens with one attached hydrogen (secondary N) is 1. The molecular formula is C27H17F3N6O. The normalized spacial score (nSPS) is 14.0. The minimum atomic E-state index is -0.751. The summed E-state index contributed by atoms with van der Waals surface area (Å²) < 4.78 is 51.2. The number of nitrogens with two attached hydrogens (primary N) is 1. The fraction of sp³-hybridized carbons (Fsp3) is 0.0370. The molecule has 7 nitrogen and oxygen atoms in total. The molecule has 0 amide bonds. The van der Waals surface area contributed by atoms with Gasteiger partial charge in [-0.3, -0.25) is 9.98 Å². The van der Waals surface area contributed by atoms with Crippen LogP contribution in [0.4, 0.5) is 13.2 Å². The third kappa shape index (κ3) is 3.79. The molecule has 0 saturated carbocycles. The number of imidazole rings is 1. The van der Waals surface area contributed by atoms with Crippen molar-refractivity contribution in [2.24, 2.45) is 5.73 Å². The van der Waals surface area contributed by atoms with Gasteiger partial charge in [0.15, 0.2) is 17.5 Å². The maximum atomic E-state index is 15.5. The van der Waals surface area contributed by atoms with E-state index in [1.54, 1.807) is 42.5 Å². The summed E-state index contributed by atoms with van der Waals surface area (Å²) in [5.41, 5.74) is 8.36. The van der Waals surface area contributed by atoms with E-state index in [9.17, 15) is 8.78 Å². The van der Waals surface area contributed by atoms with Crippen LogP contribution in [0.2, 0.25) is 0 Å². The summed E-state index contributed by atoms with van der Waals surface area (Å²) >= 11 is 0. The number of hydrogen-bond acceptors (Lipinski definition) is 5. The van der Waals surface area contributed by atoms with E-state index in [-0.39, 0.29) is 17.3 Å². The molecule has 3 aromatic heterocycles. The molecule has 182 valence electrons. The van der Waals surface area contributed by atoms with Crippen molar-refractivity contribution in [3.63, 3.8) is 0 Å². The SMILES string of the molecule is N=C(N)n1ccnc1C1c2cc(-c3cccnc3F)ccc2Oc2c(F)cc(-c3ccnc(F)c3)cc21. The third-order valence-electron chi connectivity index (χ3n) is 6.23. The number of pyridine rings is 2. The van der Waals surface area contributed by atoms with Crippen LogP contribution in [-0.2, 0) is 0 Å². The maximum Gasteiger partial charge on any atom is 0.220 e. The molecule has 1 aliphatic rings. The standard InChI is InChI=1S/C27H17F3N6O/c28-20-12-16(14-5-7-33-22(29)13-14)11-19-23(26-35-8-9-36(26)27(31)32)18-10-15(3-4-21(18)37-24(19)20)17-2-1-6-34-25(17)30/h1-13,23H,(H3,31,32). The lowest BCUT2D eigenvalue weighted by Crippen LogP contribution is -2.25. The predicted octanol–water partition coefficient (Wildman–Crippen LogP) is 5.45. The van der Waals surface area contributed by atoms with E-state index < -0.39 is 23.6 Å². The van der Waals surface area contributed by atoms with Crippen LogP contribution < -0.4 is 10.5 Å². The lowest BCUT2D eigenvalue weighted by Gasteiger charge is -2.29. The van der Waals surface area contributed by atoms with Gasteiger partial charge in [0.1, 0.15) is 11.6 Å². The number of nitrogen functional groups attached to an aromatic ring is 1. The Morgan fingerprint density at radius 3 is 2.49 bits per heavy atom. The average Bonchev–Trinajstić information content (AvgIpc) is 3.37. The number of hydrogen-bond donors (Lipinski definition) is 2. The lowest BCUT2D eigenvalue weighted by molar-refractivity contribution is 0.416. The van der Waals surface area contributed by atoms with Gasteiger partial charge in [-0.1, -0.05) is 6.07 Å². The predicted molar refractivity (Wildman–Crippen MR) is 130 cm³/mol. The lowest BCUT2D eigenvalue weighted by atomic mass is 9.84. The summed E-state index contributed by atoms with van der Waals surface area (Å²) in [6.45, 7) is 0. The van der Waals surface area contributed by atoms with Crippen LogP contribution in [0, 0.1) is 23.1 Å². The molecular weight excluding hydrogens is 481 g/mol. The summed E-state index contributed by atoms with van der Waals surface area (Å²) in [7, 11) is 0. The first-order chi connectivity index (χ1) is 17.9. The van der Waals surface area contributed by atoms with Crippen molar-refractivity contribution in [3.05, 3.63) is 114 Å². The number of benzene rings is 2. The van der Waals surface area contributed by atoms with E-state index in [0.29, 0.717) is 39.4 Å². The maximum absolute atomic E-state index is 15.5. The van der Waals surface area contributed by atoms with Gasteiger partial charge >= 0.3 is 0 Å². The highest BCUT2D eigenvalue weighted by molar-refractivity contribution is 5.79. The summed E-state index contributed by atoms with van der Waals surface area (Å²) in [5.74, 6) is -2.41. The molecule has 0 aliphatic carbocycles. The van der Waals surface area contributed by atoms with Crippen molar-refractivity contribution >= 4 is 5.96 Å². The van der Waals surface area contributed by atoms with Crippen molar-refractivity contribution in [3.8, 4) is 33.8 Å². The van der Waals surface area contributed by atoms with E-state index >= 15 is 4.39 Å². The number of ether oxygens (including phenoxy) is 1. The molecule has 5 aromatic rings. The van der Waals surface area contributed by atoms with Crippen molar-refractivity contribution in [2.75, 3.05) is 0 Å². The molecule has 4 heterocycles. The van der Waals surface area contributed by atoms with Gasteiger partial charge in [0.25, 0.3) is 0 Å². The van der Waals surface area contributed by atoms with E-state index in [1.807, 2.05) is 0 Å². The molecule has 1 aliphatic heterocycles. The fourth-order valence-corrected chi connectivity index (χ4v) is 4.61. The Balaban J connectivity index is 1.61. The molecule has 6 rings (SSSR count). The Labute approximate surface area is 208 Å². The van der Waals surface area contributed by atoms with Crippen LogP contribution in [0.25, 0.3) is 22.3 Å². The molecule has 0 radical (unpaired) electrons. The van der Waals surface area contributed by atoms with Gasteiger partial charge in [0.05, 0.1) is 5.92 Å². The minimum absolute atomic E-state index is 0.0332. The van der Waals surface area contributed by atoms with Crippen molar-refractivity contribution in [1.82, 2.24) is 19.5 Å². The molecule has 37 heavy (non-hydrogen) atoms. The molecule has 0 spiro atoms. The molecule has 0 bridgehead atoms. The Morgan fingerprint density at radius 2 is 1.70 bits per heavy atom. The van der Waals surface area contributed by atoms with Gasteiger partial charge in [-0.25, -0.2) is 19.3 Å². The Kier molecular flexibility index (Phi) is 5.22. The summed E-state index contributed by atoms with van der Waals surface area (Å²) in [6.07, 6.45) is 5.65. The van der Waals surface area contributed by atoms with Gasteiger partial charge in [-0.05, 0) is 59.2 Å². The third-order valence-corrected chi connectivity index (χ3v) is 6.23.